The molecular formula is C11H8O7S2. The van der Waals surface area contributed by atoms with Gasteiger partial charge in [0.2, 0.25) is 5.75 Å². The highest BCUT2D eigenvalue weighted by atomic mass is 32.3. The van der Waals surface area contributed by atoms with Gasteiger partial charge in [0.15, 0.2) is 15.7 Å². The van der Waals surface area contributed by atoms with Crippen LogP contribution < -0.4 is 4.18 Å². The number of phenols is 2. The SMILES string of the molecule is O=C(O)c1cc(O)c(O)c(OS(=O)(=O)c2cccs2)c1. The third kappa shape index (κ3) is 2.68. The Morgan fingerprint density at radius 2 is 1.95 bits per heavy atom. The van der Waals surface area contributed by atoms with E-state index in [0.717, 1.165) is 23.5 Å². The molecule has 0 atom stereocenters. The third-order valence-electron chi connectivity index (χ3n) is 2.24. The first kappa shape index (κ1) is 14.2. The predicted octanol–water partition coefficient (Wildman–Crippen LogP) is 1.63. The van der Waals surface area contributed by atoms with Crippen LogP contribution in [0.4, 0.5) is 0 Å². The van der Waals surface area contributed by atoms with Crippen molar-refractivity contribution < 1.29 is 32.7 Å². The summed E-state index contributed by atoms with van der Waals surface area (Å²) in [5, 5.41) is 29.2. The zero-order chi connectivity index (χ0) is 14.9. The molecule has 0 saturated heterocycles. The second-order valence-corrected chi connectivity index (χ2v) is 6.34. The van der Waals surface area contributed by atoms with E-state index < -0.39 is 38.9 Å². The molecule has 0 spiro atoms. The van der Waals surface area contributed by atoms with Crippen LogP contribution in [0.15, 0.2) is 33.9 Å². The van der Waals surface area contributed by atoms with Crippen LogP contribution in [0.2, 0.25) is 0 Å². The van der Waals surface area contributed by atoms with Gasteiger partial charge in [-0.25, -0.2) is 4.79 Å². The van der Waals surface area contributed by atoms with Crippen LogP contribution in [0.25, 0.3) is 0 Å². The number of rotatable bonds is 4. The zero-order valence-corrected chi connectivity index (χ0v) is 11.3. The van der Waals surface area contributed by atoms with Gasteiger partial charge in [-0.15, -0.1) is 11.3 Å². The first-order valence-electron chi connectivity index (χ1n) is 5.08. The van der Waals surface area contributed by atoms with Crippen molar-refractivity contribution in [3.05, 3.63) is 35.2 Å². The summed E-state index contributed by atoms with van der Waals surface area (Å²) in [4.78, 5) is 10.8. The molecule has 1 aromatic heterocycles. The van der Waals surface area contributed by atoms with Crippen LogP contribution in [-0.2, 0) is 10.1 Å². The molecule has 0 unspecified atom stereocenters. The molecule has 3 N–H and O–H groups in total. The first-order chi connectivity index (χ1) is 9.31. The normalized spacial score (nSPS) is 11.2. The van der Waals surface area contributed by atoms with E-state index in [1.165, 1.54) is 17.5 Å². The molecular weight excluding hydrogens is 308 g/mol. The Hall–Kier alpha value is -2.26. The number of phenolic OH excluding ortho intramolecular Hbond substituents is 2. The summed E-state index contributed by atoms with van der Waals surface area (Å²) in [5.41, 5.74) is -0.420. The molecule has 1 heterocycles. The van der Waals surface area contributed by atoms with Gasteiger partial charge in [0, 0.05) is 6.07 Å². The molecule has 106 valence electrons. The van der Waals surface area contributed by atoms with E-state index in [4.69, 9.17) is 5.11 Å². The Morgan fingerprint density at radius 3 is 2.50 bits per heavy atom. The Balaban J connectivity index is 2.46. The molecule has 0 aliphatic heterocycles. The Morgan fingerprint density at radius 1 is 1.25 bits per heavy atom. The van der Waals surface area contributed by atoms with Crippen LogP contribution in [0.1, 0.15) is 10.4 Å². The number of aromatic hydroxyl groups is 2. The zero-order valence-electron chi connectivity index (χ0n) is 9.68. The quantitative estimate of drug-likeness (QED) is 0.579. The number of carbonyl (C=O) groups is 1. The fourth-order valence-corrected chi connectivity index (χ4v) is 3.22. The lowest BCUT2D eigenvalue weighted by atomic mass is 10.2. The second-order valence-electron chi connectivity index (χ2n) is 3.62. The van der Waals surface area contributed by atoms with Gasteiger partial charge in [-0.2, -0.15) is 8.42 Å². The van der Waals surface area contributed by atoms with Gasteiger partial charge < -0.3 is 19.5 Å². The van der Waals surface area contributed by atoms with Crippen LogP contribution in [0, 0.1) is 0 Å². The van der Waals surface area contributed by atoms with Crippen molar-refractivity contribution in [1.82, 2.24) is 0 Å². The third-order valence-corrected chi connectivity index (χ3v) is 4.83. The highest BCUT2D eigenvalue weighted by molar-refractivity contribution is 7.89. The largest absolute Gasteiger partial charge is 0.504 e. The van der Waals surface area contributed by atoms with E-state index in [1.54, 1.807) is 0 Å². The van der Waals surface area contributed by atoms with Crippen LogP contribution >= 0.6 is 11.3 Å². The van der Waals surface area contributed by atoms with Crippen molar-refractivity contribution >= 4 is 27.4 Å². The molecule has 0 aliphatic rings. The summed E-state index contributed by atoms with van der Waals surface area (Å²) >= 11 is 0.896. The maximum atomic E-state index is 11.9. The Kier molecular flexibility index (Phi) is 3.55. The molecule has 0 saturated carbocycles. The van der Waals surface area contributed by atoms with Gasteiger partial charge in [0.25, 0.3) is 0 Å². The lowest BCUT2D eigenvalue weighted by Gasteiger charge is -2.09. The Bertz CT molecular complexity index is 747. The maximum absolute atomic E-state index is 11.9. The average molecular weight is 316 g/mol. The standard InChI is InChI=1S/C11H8O7S2/c12-7-4-6(11(14)15)5-8(10(7)13)18-20(16,17)9-2-1-3-19-9/h1-5,12-13H,(H,14,15). The minimum Gasteiger partial charge on any atom is -0.504 e. The van der Waals surface area contributed by atoms with Crippen molar-refractivity contribution in [3.63, 3.8) is 0 Å². The topological polar surface area (TPSA) is 121 Å². The highest BCUT2D eigenvalue weighted by Crippen LogP contribution is 2.38. The molecule has 2 aromatic rings. The van der Waals surface area contributed by atoms with Gasteiger partial charge in [-0.05, 0) is 17.5 Å². The molecule has 0 aliphatic carbocycles. The second kappa shape index (κ2) is 5.02. The number of aromatic carboxylic acids is 1. The summed E-state index contributed by atoms with van der Waals surface area (Å²) < 4.78 is 28.3. The molecule has 0 bridgehead atoms. The van der Waals surface area contributed by atoms with Gasteiger partial charge in [-0.3, -0.25) is 0 Å². The number of hydrogen-bond donors (Lipinski definition) is 3. The number of benzene rings is 1. The van der Waals surface area contributed by atoms with Crippen LogP contribution in [0.5, 0.6) is 17.2 Å². The lowest BCUT2D eigenvalue weighted by Crippen LogP contribution is -2.09. The minimum absolute atomic E-state index is 0.114. The van der Waals surface area contributed by atoms with Gasteiger partial charge in [0.05, 0.1) is 5.56 Å². The van der Waals surface area contributed by atoms with Crippen molar-refractivity contribution in [2.45, 2.75) is 4.21 Å². The highest BCUT2D eigenvalue weighted by Gasteiger charge is 2.22. The van der Waals surface area contributed by atoms with E-state index in [1.807, 2.05) is 0 Å². The molecule has 7 nitrogen and oxygen atoms in total. The van der Waals surface area contributed by atoms with E-state index >= 15 is 0 Å². The van der Waals surface area contributed by atoms with E-state index in [2.05, 4.69) is 4.18 Å². The molecule has 0 radical (unpaired) electrons. The number of thiophene rings is 1. The van der Waals surface area contributed by atoms with Gasteiger partial charge in [-0.1, -0.05) is 6.07 Å². The first-order valence-corrected chi connectivity index (χ1v) is 7.37. The maximum Gasteiger partial charge on any atom is 0.348 e. The monoisotopic (exact) mass is 316 g/mol. The molecule has 20 heavy (non-hydrogen) atoms. The lowest BCUT2D eigenvalue weighted by molar-refractivity contribution is 0.0696. The summed E-state index contributed by atoms with van der Waals surface area (Å²) in [6, 6.07) is 4.37. The Labute approximate surface area is 117 Å². The van der Waals surface area contributed by atoms with E-state index in [0.29, 0.717) is 0 Å². The van der Waals surface area contributed by atoms with Gasteiger partial charge >= 0.3 is 16.1 Å². The molecule has 0 amide bonds. The molecule has 0 fully saturated rings. The summed E-state index contributed by atoms with van der Waals surface area (Å²) in [6.07, 6.45) is 0. The average Bonchev–Trinajstić information content (AvgIpc) is 2.88. The number of hydrogen-bond acceptors (Lipinski definition) is 7. The number of carboxylic acid groups (broad SMARTS) is 1. The van der Waals surface area contributed by atoms with Crippen LogP contribution in [0.3, 0.4) is 0 Å². The summed E-state index contributed by atoms with van der Waals surface area (Å²) in [7, 11) is -4.20. The predicted molar refractivity (Wildman–Crippen MR) is 68.9 cm³/mol. The van der Waals surface area contributed by atoms with E-state index in [9.17, 15) is 23.4 Å². The van der Waals surface area contributed by atoms with Crippen molar-refractivity contribution in [2.24, 2.45) is 0 Å². The van der Waals surface area contributed by atoms with Crippen molar-refractivity contribution in [3.8, 4) is 17.2 Å². The molecule has 9 heteroatoms. The van der Waals surface area contributed by atoms with Gasteiger partial charge in [0.1, 0.15) is 0 Å². The summed E-state index contributed by atoms with van der Waals surface area (Å²) in [5.74, 6) is -3.70. The van der Waals surface area contributed by atoms with Crippen LogP contribution in [-0.4, -0.2) is 29.7 Å². The fraction of sp³-hybridized carbons (Fsp3) is 0. The minimum atomic E-state index is -4.20. The molecule has 2 rings (SSSR count). The summed E-state index contributed by atoms with van der Waals surface area (Å²) in [6.45, 7) is 0. The van der Waals surface area contributed by atoms with E-state index in [-0.39, 0.29) is 4.21 Å². The fourth-order valence-electron chi connectivity index (χ4n) is 1.35. The number of carboxylic acids is 1. The van der Waals surface area contributed by atoms with Crippen molar-refractivity contribution in [1.29, 1.82) is 0 Å². The smallest absolute Gasteiger partial charge is 0.348 e. The van der Waals surface area contributed by atoms with Crippen molar-refractivity contribution in [2.75, 3.05) is 0 Å². The molecule has 1 aromatic carbocycles.